The maximum atomic E-state index is 13.9. The molecule has 0 unspecified atom stereocenters. The lowest BCUT2D eigenvalue weighted by molar-refractivity contribution is -0.128. The molecule has 5 heterocycles. The molecule has 2 aliphatic heterocycles. The summed E-state index contributed by atoms with van der Waals surface area (Å²) in [7, 11) is -2.16. The average Bonchev–Trinajstić information content (AvgIpc) is 3.15. The highest BCUT2D eigenvalue weighted by atomic mass is 32.2. The van der Waals surface area contributed by atoms with E-state index in [0.717, 1.165) is 33.7 Å². The van der Waals surface area contributed by atoms with Crippen LogP contribution < -0.4 is 9.62 Å². The quantitative estimate of drug-likeness (QED) is 0.405. The third-order valence-corrected chi connectivity index (χ3v) is 7.72. The SMILES string of the molecule is COC(=O)N1CC2(C1)C(=O)N(Cc1ncc3ccccc3c1-c1ccc(NS(C)(=O)=O)nc1)c1cnccc12. The van der Waals surface area contributed by atoms with Gasteiger partial charge in [-0.3, -0.25) is 19.5 Å². The zero-order valence-corrected chi connectivity index (χ0v) is 22.0. The van der Waals surface area contributed by atoms with Crippen LogP contribution in [0.4, 0.5) is 16.3 Å². The number of likely N-dealkylation sites (tertiary alicyclic amines) is 1. The van der Waals surface area contributed by atoms with Crippen molar-refractivity contribution in [3.63, 3.8) is 0 Å². The fourth-order valence-corrected chi connectivity index (χ4v) is 5.90. The van der Waals surface area contributed by atoms with Gasteiger partial charge in [0.05, 0.1) is 37.5 Å². The molecule has 39 heavy (non-hydrogen) atoms. The third-order valence-electron chi connectivity index (χ3n) is 7.14. The van der Waals surface area contributed by atoms with Crippen molar-refractivity contribution in [2.75, 3.05) is 36.1 Å². The molecule has 12 heteroatoms. The first-order valence-corrected chi connectivity index (χ1v) is 14.0. The van der Waals surface area contributed by atoms with Crippen LogP contribution in [0.2, 0.25) is 0 Å². The third kappa shape index (κ3) is 4.13. The number of fused-ring (bicyclic) bond motifs is 3. The molecule has 0 radical (unpaired) electrons. The zero-order chi connectivity index (χ0) is 27.4. The second-order valence-electron chi connectivity index (χ2n) is 9.67. The minimum Gasteiger partial charge on any atom is -0.453 e. The predicted octanol–water partition coefficient (Wildman–Crippen LogP) is 2.93. The molecule has 1 aromatic carbocycles. The van der Waals surface area contributed by atoms with Gasteiger partial charge in [-0.2, -0.15) is 0 Å². The summed E-state index contributed by atoms with van der Waals surface area (Å²) in [5.41, 5.74) is 2.80. The zero-order valence-electron chi connectivity index (χ0n) is 21.2. The van der Waals surface area contributed by atoms with Crippen molar-refractivity contribution in [1.29, 1.82) is 0 Å². The number of benzene rings is 1. The Morgan fingerprint density at radius 3 is 2.59 bits per heavy atom. The van der Waals surface area contributed by atoms with E-state index < -0.39 is 21.5 Å². The molecule has 0 bridgehead atoms. The molecule has 2 aliphatic rings. The summed E-state index contributed by atoms with van der Waals surface area (Å²) in [5, 5.41) is 1.83. The van der Waals surface area contributed by atoms with Gasteiger partial charge in [-0.25, -0.2) is 18.2 Å². The van der Waals surface area contributed by atoms with Crippen LogP contribution in [-0.4, -0.2) is 66.7 Å². The normalized spacial score (nSPS) is 15.8. The van der Waals surface area contributed by atoms with Crippen LogP contribution in [0.25, 0.3) is 21.9 Å². The number of hydrogen-bond donors (Lipinski definition) is 1. The predicted molar refractivity (Wildman–Crippen MR) is 145 cm³/mol. The van der Waals surface area contributed by atoms with Gasteiger partial charge < -0.3 is 14.5 Å². The molecule has 11 nitrogen and oxygen atoms in total. The Kier molecular flexibility index (Phi) is 5.72. The van der Waals surface area contributed by atoms with Crippen LogP contribution in [0.5, 0.6) is 0 Å². The van der Waals surface area contributed by atoms with Crippen LogP contribution >= 0.6 is 0 Å². The second-order valence-corrected chi connectivity index (χ2v) is 11.4. The molecule has 1 saturated heterocycles. The number of nitrogens with one attached hydrogen (secondary N) is 1. The highest BCUT2D eigenvalue weighted by Gasteiger charge is 2.59. The van der Waals surface area contributed by atoms with Crippen molar-refractivity contribution in [2.24, 2.45) is 0 Å². The summed E-state index contributed by atoms with van der Waals surface area (Å²) >= 11 is 0. The van der Waals surface area contributed by atoms with Gasteiger partial charge in [0.15, 0.2) is 0 Å². The van der Waals surface area contributed by atoms with Gasteiger partial charge in [0, 0.05) is 48.2 Å². The van der Waals surface area contributed by atoms with Gasteiger partial charge in [-0.15, -0.1) is 0 Å². The number of nitrogens with zero attached hydrogens (tertiary/aromatic N) is 5. The van der Waals surface area contributed by atoms with Crippen molar-refractivity contribution in [3.8, 4) is 11.1 Å². The first-order valence-electron chi connectivity index (χ1n) is 12.1. The summed E-state index contributed by atoms with van der Waals surface area (Å²) in [6, 6.07) is 13.0. The van der Waals surface area contributed by atoms with E-state index in [1.54, 1.807) is 41.8 Å². The fraction of sp³-hybridized carbons (Fsp3) is 0.222. The van der Waals surface area contributed by atoms with E-state index in [9.17, 15) is 18.0 Å². The number of sulfonamides is 1. The van der Waals surface area contributed by atoms with Gasteiger partial charge >= 0.3 is 6.09 Å². The number of pyridine rings is 3. The number of hydrogen-bond acceptors (Lipinski definition) is 8. The van der Waals surface area contributed by atoms with Gasteiger partial charge in [0.2, 0.25) is 15.9 Å². The highest BCUT2D eigenvalue weighted by Crippen LogP contribution is 2.48. The summed E-state index contributed by atoms with van der Waals surface area (Å²) < 4.78 is 30.5. The van der Waals surface area contributed by atoms with E-state index in [1.807, 2.05) is 30.3 Å². The van der Waals surface area contributed by atoms with Crippen molar-refractivity contribution >= 4 is 44.3 Å². The van der Waals surface area contributed by atoms with Crippen molar-refractivity contribution in [2.45, 2.75) is 12.0 Å². The Hall–Kier alpha value is -4.58. The van der Waals surface area contributed by atoms with E-state index in [4.69, 9.17) is 9.72 Å². The Labute approximate surface area is 224 Å². The standard InChI is InChI=1S/C27H24N6O5S/c1-38-26(35)32-15-27(16-32)20-9-10-28-13-22(20)33(25(27)34)14-21-24(19-6-4-3-5-17(19)11-29-21)18-7-8-23(30-12-18)31-39(2,36)37/h3-13H,14-16H2,1-2H3,(H,30,31). The molecule has 1 spiro atoms. The van der Waals surface area contributed by atoms with Crippen molar-refractivity contribution in [1.82, 2.24) is 19.9 Å². The number of aromatic nitrogens is 3. The van der Waals surface area contributed by atoms with E-state index in [-0.39, 0.29) is 31.4 Å². The number of methoxy groups -OCH3 is 1. The van der Waals surface area contributed by atoms with Gasteiger partial charge in [0.25, 0.3) is 0 Å². The Balaban J connectivity index is 1.41. The monoisotopic (exact) mass is 544 g/mol. The maximum Gasteiger partial charge on any atom is 0.409 e. The molecular formula is C27H24N6O5S. The first kappa shape index (κ1) is 24.7. The molecule has 3 aromatic heterocycles. The van der Waals surface area contributed by atoms with Crippen LogP contribution in [0, 0.1) is 0 Å². The minimum absolute atomic E-state index is 0.127. The van der Waals surface area contributed by atoms with Crippen molar-refractivity contribution in [3.05, 3.63) is 78.5 Å². The maximum absolute atomic E-state index is 13.9. The molecule has 1 N–H and O–H groups in total. The summed E-state index contributed by atoms with van der Waals surface area (Å²) in [4.78, 5) is 42.5. The molecule has 4 aromatic rings. The number of carbonyl (C=O) groups excluding carboxylic acids is 2. The van der Waals surface area contributed by atoms with Gasteiger partial charge in [-0.1, -0.05) is 24.3 Å². The molecule has 1 fully saturated rings. The number of amides is 2. The Bertz CT molecular complexity index is 1740. The molecule has 2 amide bonds. The number of ether oxygens (including phenoxy) is 1. The summed E-state index contributed by atoms with van der Waals surface area (Å²) in [6.45, 7) is 0.618. The molecule has 6 rings (SSSR count). The van der Waals surface area contributed by atoms with Crippen molar-refractivity contribution < 1.29 is 22.7 Å². The van der Waals surface area contributed by atoms with E-state index >= 15 is 0 Å². The molecule has 0 saturated carbocycles. The molecular weight excluding hydrogens is 520 g/mol. The summed E-state index contributed by atoms with van der Waals surface area (Å²) in [5.74, 6) is 0.0743. The average molecular weight is 545 g/mol. The van der Waals surface area contributed by atoms with E-state index in [0.29, 0.717) is 11.4 Å². The highest BCUT2D eigenvalue weighted by molar-refractivity contribution is 7.92. The van der Waals surface area contributed by atoms with E-state index in [1.165, 1.54) is 12.0 Å². The molecule has 198 valence electrons. The topological polar surface area (TPSA) is 135 Å². The lowest BCUT2D eigenvalue weighted by Crippen LogP contribution is -2.65. The van der Waals surface area contributed by atoms with Gasteiger partial charge in [-0.05, 0) is 29.1 Å². The number of anilines is 2. The largest absolute Gasteiger partial charge is 0.453 e. The minimum atomic E-state index is -3.47. The molecule has 0 atom stereocenters. The lowest BCUT2D eigenvalue weighted by Gasteiger charge is -2.45. The van der Waals surface area contributed by atoms with Crippen LogP contribution in [0.3, 0.4) is 0 Å². The number of rotatable bonds is 5. The van der Waals surface area contributed by atoms with Crippen LogP contribution in [0.1, 0.15) is 11.3 Å². The Morgan fingerprint density at radius 2 is 1.87 bits per heavy atom. The lowest BCUT2D eigenvalue weighted by atomic mass is 9.75. The van der Waals surface area contributed by atoms with Crippen LogP contribution in [-0.2, 0) is 31.5 Å². The van der Waals surface area contributed by atoms with E-state index in [2.05, 4.69) is 14.7 Å². The number of carbonyl (C=O) groups is 2. The Morgan fingerprint density at radius 1 is 1.08 bits per heavy atom. The van der Waals surface area contributed by atoms with Gasteiger partial charge in [0.1, 0.15) is 11.2 Å². The molecule has 0 aliphatic carbocycles. The first-order chi connectivity index (χ1) is 18.7. The smallest absolute Gasteiger partial charge is 0.409 e. The summed E-state index contributed by atoms with van der Waals surface area (Å²) in [6.07, 6.45) is 7.26. The fourth-order valence-electron chi connectivity index (χ4n) is 5.40. The van der Waals surface area contributed by atoms with Crippen LogP contribution in [0.15, 0.2) is 67.3 Å². The second kappa shape index (κ2) is 9.02.